The van der Waals surface area contributed by atoms with Gasteiger partial charge in [-0.3, -0.25) is 19.2 Å². The van der Waals surface area contributed by atoms with Gasteiger partial charge >= 0.3 is 12.0 Å². The van der Waals surface area contributed by atoms with Gasteiger partial charge < -0.3 is 35.7 Å². The lowest BCUT2D eigenvalue weighted by atomic mass is 9.81. The van der Waals surface area contributed by atoms with Crippen molar-refractivity contribution in [2.24, 2.45) is 17.1 Å². The normalized spacial score (nSPS) is 21.1. The highest BCUT2D eigenvalue weighted by molar-refractivity contribution is 6.37. The first kappa shape index (κ1) is 33.0. The second-order valence-electron chi connectivity index (χ2n) is 13.4. The molecule has 5 N–H and O–H groups in total. The molecule has 2 unspecified atom stereocenters. The van der Waals surface area contributed by atoms with Crippen molar-refractivity contribution in [1.82, 2.24) is 20.9 Å². The number of Topliss-reactive ketones (excluding diaryl/α,β-unsaturated/α-hetero) is 1. The first-order valence-electron chi connectivity index (χ1n) is 15.5. The number of nitrogens with one attached hydrogen (secondary N) is 3. The number of nitrogens with two attached hydrogens (primary N) is 1. The van der Waals surface area contributed by atoms with Crippen LogP contribution >= 0.6 is 0 Å². The van der Waals surface area contributed by atoms with E-state index in [9.17, 15) is 28.8 Å². The Balaban J connectivity index is 1.44. The van der Waals surface area contributed by atoms with Crippen molar-refractivity contribution in [3.05, 3.63) is 24.2 Å². The molecule has 3 atom stereocenters. The first-order valence-corrected chi connectivity index (χ1v) is 15.5. The van der Waals surface area contributed by atoms with E-state index in [1.165, 1.54) is 17.4 Å². The Morgan fingerprint density at radius 1 is 1.05 bits per heavy atom. The zero-order valence-corrected chi connectivity index (χ0v) is 25.8. The second-order valence-corrected chi connectivity index (χ2v) is 13.4. The number of rotatable bonds is 12. The van der Waals surface area contributed by atoms with Crippen LogP contribution in [-0.4, -0.2) is 70.6 Å². The van der Waals surface area contributed by atoms with Gasteiger partial charge in [0.2, 0.25) is 17.6 Å². The van der Waals surface area contributed by atoms with Crippen LogP contribution in [-0.2, 0) is 35.3 Å². The van der Waals surface area contributed by atoms with Gasteiger partial charge in [0.15, 0.2) is 0 Å². The van der Waals surface area contributed by atoms with E-state index >= 15 is 0 Å². The van der Waals surface area contributed by atoms with Crippen molar-refractivity contribution in [3.63, 3.8) is 0 Å². The molecule has 13 nitrogen and oxygen atoms in total. The minimum Gasteiger partial charge on any atom is -0.472 e. The number of likely N-dealkylation sites (tertiary alicyclic amines) is 1. The molecular formula is C31H45N5O8. The van der Waals surface area contributed by atoms with E-state index in [2.05, 4.69) is 16.0 Å². The van der Waals surface area contributed by atoms with E-state index in [4.69, 9.17) is 14.9 Å². The molecule has 3 aliphatic rings. The Bertz CT molecular complexity index is 1230. The van der Waals surface area contributed by atoms with Crippen LogP contribution in [0.4, 0.5) is 4.79 Å². The van der Waals surface area contributed by atoms with Crippen molar-refractivity contribution in [1.29, 1.82) is 0 Å². The van der Waals surface area contributed by atoms with Crippen LogP contribution in [0.1, 0.15) is 90.5 Å². The standard InChI is InChI=1S/C31H45N5O8/c1-30(2,3)24(34-29(42)35-31(12-5-4-6-13-31)28(41)44-18-20-11-15-43-17-20)27(40)36-14-7-8-22(36)26(39)33-21(16-19-9-10-19)23(37)25(32)38/h11,15,17,19,21-22,24H,4-10,12-14,16,18H2,1-3H3,(H2,32,38)(H,33,39)(H2,34,35,42)/t21?,22-,24?/m0/s1. The molecule has 1 saturated heterocycles. The fourth-order valence-electron chi connectivity index (χ4n) is 6.06. The number of carbonyl (C=O) groups excluding carboxylic acids is 6. The van der Waals surface area contributed by atoms with Crippen LogP contribution in [0.25, 0.3) is 0 Å². The summed E-state index contributed by atoms with van der Waals surface area (Å²) in [6.07, 6.45) is 9.22. The third-order valence-electron chi connectivity index (χ3n) is 8.77. The van der Waals surface area contributed by atoms with Crippen LogP contribution in [0.5, 0.6) is 0 Å². The van der Waals surface area contributed by atoms with Gasteiger partial charge in [0, 0.05) is 12.1 Å². The van der Waals surface area contributed by atoms with Gasteiger partial charge in [-0.05, 0) is 49.5 Å². The van der Waals surface area contributed by atoms with Crippen molar-refractivity contribution in [2.75, 3.05) is 6.54 Å². The highest BCUT2D eigenvalue weighted by Gasteiger charge is 2.46. The molecule has 0 radical (unpaired) electrons. The average Bonchev–Trinajstić information content (AvgIpc) is 3.41. The highest BCUT2D eigenvalue weighted by atomic mass is 16.5. The molecule has 44 heavy (non-hydrogen) atoms. The number of ether oxygens (including phenoxy) is 1. The number of primary amides is 1. The molecule has 3 fully saturated rings. The maximum absolute atomic E-state index is 14.0. The summed E-state index contributed by atoms with van der Waals surface area (Å²) in [4.78, 5) is 79.5. The molecular weight excluding hydrogens is 570 g/mol. The maximum Gasteiger partial charge on any atom is 0.332 e. The van der Waals surface area contributed by atoms with Gasteiger partial charge in [-0.15, -0.1) is 0 Å². The summed E-state index contributed by atoms with van der Waals surface area (Å²) < 4.78 is 10.6. The molecule has 0 aromatic carbocycles. The molecule has 2 aliphatic carbocycles. The number of hydrogen-bond acceptors (Lipinski definition) is 8. The van der Waals surface area contributed by atoms with Crippen molar-refractivity contribution < 1.29 is 37.9 Å². The van der Waals surface area contributed by atoms with E-state index in [1.807, 2.05) is 0 Å². The summed E-state index contributed by atoms with van der Waals surface area (Å²) >= 11 is 0. The smallest absolute Gasteiger partial charge is 0.332 e. The quantitative estimate of drug-likeness (QED) is 0.203. The van der Waals surface area contributed by atoms with E-state index in [1.54, 1.807) is 26.8 Å². The number of amides is 5. The highest BCUT2D eigenvalue weighted by Crippen LogP contribution is 2.34. The van der Waals surface area contributed by atoms with Crippen LogP contribution in [0, 0.1) is 11.3 Å². The largest absolute Gasteiger partial charge is 0.472 e. The number of carbonyl (C=O) groups is 6. The van der Waals surface area contributed by atoms with Gasteiger partial charge in [0.25, 0.3) is 5.91 Å². The average molecular weight is 616 g/mol. The summed E-state index contributed by atoms with van der Waals surface area (Å²) in [5.41, 5.74) is 3.92. The zero-order chi connectivity index (χ0) is 32.1. The van der Waals surface area contributed by atoms with E-state index in [0.717, 1.165) is 32.1 Å². The van der Waals surface area contributed by atoms with Crippen molar-refractivity contribution >= 4 is 35.5 Å². The number of urea groups is 1. The summed E-state index contributed by atoms with van der Waals surface area (Å²) in [6.45, 7) is 5.69. The van der Waals surface area contributed by atoms with Crippen LogP contribution in [0.2, 0.25) is 0 Å². The Kier molecular flexibility index (Phi) is 10.4. The predicted octanol–water partition coefficient (Wildman–Crippen LogP) is 2.07. The fourth-order valence-corrected chi connectivity index (χ4v) is 6.06. The Hall–Kier alpha value is -3.90. The minimum atomic E-state index is -1.24. The molecule has 4 rings (SSSR count). The molecule has 0 spiro atoms. The lowest BCUT2D eigenvalue weighted by Gasteiger charge is -2.38. The number of hydrogen-bond donors (Lipinski definition) is 4. The summed E-state index contributed by atoms with van der Waals surface area (Å²) in [6, 6.07) is -1.94. The predicted molar refractivity (Wildman–Crippen MR) is 157 cm³/mol. The lowest BCUT2D eigenvalue weighted by Crippen LogP contribution is -2.63. The summed E-state index contributed by atoms with van der Waals surface area (Å²) in [7, 11) is 0. The SMILES string of the molecule is CC(C)(C)C(NC(=O)NC1(C(=O)OCc2ccoc2)CCCCC1)C(=O)N1CCC[C@H]1C(=O)NC(CC1CC1)C(=O)C(N)=O. The fraction of sp³-hybridized carbons (Fsp3) is 0.677. The lowest BCUT2D eigenvalue weighted by molar-refractivity contribution is -0.154. The summed E-state index contributed by atoms with van der Waals surface area (Å²) in [5, 5.41) is 8.29. The topological polar surface area (TPSA) is 190 Å². The van der Waals surface area contributed by atoms with Gasteiger partial charge in [0.05, 0.1) is 18.6 Å². The van der Waals surface area contributed by atoms with E-state index in [-0.39, 0.29) is 19.1 Å². The Morgan fingerprint density at radius 3 is 2.34 bits per heavy atom. The number of furan rings is 1. The van der Waals surface area contributed by atoms with Crippen LogP contribution < -0.4 is 21.7 Å². The number of esters is 1. The molecule has 2 heterocycles. The Labute approximate surface area is 257 Å². The third kappa shape index (κ3) is 8.17. The van der Waals surface area contributed by atoms with Gasteiger partial charge in [-0.1, -0.05) is 52.9 Å². The van der Waals surface area contributed by atoms with Crippen molar-refractivity contribution in [3.8, 4) is 0 Å². The van der Waals surface area contributed by atoms with Crippen LogP contribution in [0.15, 0.2) is 23.0 Å². The molecule has 1 aromatic rings. The third-order valence-corrected chi connectivity index (χ3v) is 8.77. The zero-order valence-electron chi connectivity index (χ0n) is 25.8. The molecule has 1 aromatic heterocycles. The molecule has 2 saturated carbocycles. The second kappa shape index (κ2) is 13.8. The monoisotopic (exact) mass is 615 g/mol. The molecule has 13 heteroatoms. The van der Waals surface area contributed by atoms with Gasteiger partial charge in [0.1, 0.15) is 24.2 Å². The molecule has 5 amide bonds. The number of ketones is 1. The molecule has 0 bridgehead atoms. The minimum absolute atomic E-state index is 0.00838. The first-order chi connectivity index (χ1) is 20.8. The van der Waals surface area contributed by atoms with Gasteiger partial charge in [-0.2, -0.15) is 0 Å². The summed E-state index contributed by atoms with van der Waals surface area (Å²) in [5.74, 6) is -3.25. The molecule has 242 valence electrons. The Morgan fingerprint density at radius 2 is 1.75 bits per heavy atom. The molecule has 1 aliphatic heterocycles. The van der Waals surface area contributed by atoms with Gasteiger partial charge in [-0.25, -0.2) is 9.59 Å². The van der Waals surface area contributed by atoms with Crippen LogP contribution in [0.3, 0.4) is 0 Å². The van der Waals surface area contributed by atoms with E-state index in [0.29, 0.717) is 37.7 Å². The van der Waals surface area contributed by atoms with E-state index < -0.39 is 64.6 Å². The van der Waals surface area contributed by atoms with Crippen molar-refractivity contribution in [2.45, 2.75) is 115 Å². The maximum atomic E-state index is 14.0. The number of nitrogens with zero attached hydrogens (tertiary/aromatic N) is 1.